The van der Waals surface area contributed by atoms with Gasteiger partial charge in [-0.25, -0.2) is 4.79 Å². The summed E-state index contributed by atoms with van der Waals surface area (Å²) in [6.07, 6.45) is 12.4. The fourth-order valence-corrected chi connectivity index (χ4v) is 3.82. The van der Waals surface area contributed by atoms with Crippen LogP contribution in [0.15, 0.2) is 24.3 Å². The number of carbonyl (C=O) groups excluding carboxylic acids is 1. The van der Waals surface area contributed by atoms with Crippen LogP contribution < -0.4 is 0 Å². The van der Waals surface area contributed by atoms with E-state index in [2.05, 4.69) is 13.8 Å². The van der Waals surface area contributed by atoms with E-state index in [-0.39, 0.29) is 24.0 Å². The molecule has 154 valence electrons. The standard InChI is InChI=1S/C22H36O5/c1-3-4-9-16(2)14-17(23)12-13-19-18(20(24)15-21(19)25)10-7-5-6-8-11-22(26)27/h8,11-13,16-19,21,23,25H,3-7,9-10,14-15H2,1-2H3,(H,26,27)/b11-8+,13-12+/t16-,17+,18+,19+,21?/m0/s1. The van der Waals surface area contributed by atoms with Gasteiger partial charge >= 0.3 is 5.97 Å². The molecule has 0 radical (unpaired) electrons. The molecular formula is C22H36O5. The SMILES string of the molecule is CCCC[C@H](C)C[C@H](O)/C=C/[C@H]1C(O)CC(=O)[C@@H]1CCCC/C=C/C(=O)O. The van der Waals surface area contributed by atoms with Crippen LogP contribution in [0, 0.1) is 17.8 Å². The molecule has 1 saturated carbocycles. The Kier molecular flexibility index (Phi) is 11.2. The summed E-state index contributed by atoms with van der Waals surface area (Å²) < 4.78 is 0. The summed E-state index contributed by atoms with van der Waals surface area (Å²) in [5.74, 6) is -0.840. The van der Waals surface area contributed by atoms with E-state index in [0.717, 1.165) is 38.2 Å². The summed E-state index contributed by atoms with van der Waals surface area (Å²) in [7, 11) is 0. The lowest BCUT2D eigenvalue weighted by Crippen LogP contribution is -2.19. The molecule has 27 heavy (non-hydrogen) atoms. The van der Waals surface area contributed by atoms with Crippen LogP contribution in [-0.2, 0) is 9.59 Å². The minimum absolute atomic E-state index is 0.0871. The number of carboxylic acid groups (broad SMARTS) is 1. The largest absolute Gasteiger partial charge is 0.478 e. The zero-order chi connectivity index (χ0) is 20.2. The van der Waals surface area contributed by atoms with Gasteiger partial charge < -0.3 is 15.3 Å². The first-order valence-electron chi connectivity index (χ1n) is 10.3. The maximum Gasteiger partial charge on any atom is 0.327 e. The van der Waals surface area contributed by atoms with E-state index in [1.165, 1.54) is 0 Å². The van der Waals surface area contributed by atoms with Crippen molar-refractivity contribution in [1.82, 2.24) is 0 Å². The average Bonchev–Trinajstić information content (AvgIpc) is 2.87. The summed E-state index contributed by atoms with van der Waals surface area (Å²) in [6, 6.07) is 0. The summed E-state index contributed by atoms with van der Waals surface area (Å²) >= 11 is 0. The van der Waals surface area contributed by atoms with Crippen LogP contribution >= 0.6 is 0 Å². The Morgan fingerprint density at radius 3 is 2.70 bits per heavy atom. The van der Waals surface area contributed by atoms with E-state index in [1.807, 2.05) is 6.08 Å². The van der Waals surface area contributed by atoms with E-state index in [9.17, 15) is 19.8 Å². The Morgan fingerprint density at radius 1 is 1.30 bits per heavy atom. The maximum absolute atomic E-state index is 12.2. The van der Waals surface area contributed by atoms with Gasteiger partial charge in [0.25, 0.3) is 0 Å². The van der Waals surface area contributed by atoms with Gasteiger partial charge in [-0.3, -0.25) is 4.79 Å². The van der Waals surface area contributed by atoms with Crippen molar-refractivity contribution >= 4 is 11.8 Å². The number of unbranched alkanes of at least 4 members (excludes halogenated alkanes) is 3. The fraction of sp³-hybridized carbons (Fsp3) is 0.727. The molecular weight excluding hydrogens is 344 g/mol. The van der Waals surface area contributed by atoms with Gasteiger partial charge in [-0.1, -0.05) is 57.8 Å². The number of carboxylic acids is 1. The summed E-state index contributed by atoms with van der Waals surface area (Å²) in [6.45, 7) is 4.30. The van der Waals surface area contributed by atoms with Gasteiger partial charge in [0, 0.05) is 24.3 Å². The molecule has 0 aromatic carbocycles. The van der Waals surface area contributed by atoms with Crippen molar-refractivity contribution in [3.8, 4) is 0 Å². The van der Waals surface area contributed by atoms with Crippen molar-refractivity contribution < 1.29 is 24.9 Å². The second-order valence-electron chi connectivity index (χ2n) is 7.88. The Balaban J connectivity index is 2.47. The Bertz CT molecular complexity index is 511. The number of aliphatic hydroxyl groups is 2. The number of aliphatic hydroxyl groups excluding tert-OH is 2. The topological polar surface area (TPSA) is 94.8 Å². The van der Waals surface area contributed by atoms with E-state index < -0.39 is 18.2 Å². The Morgan fingerprint density at radius 2 is 2.04 bits per heavy atom. The van der Waals surface area contributed by atoms with Crippen molar-refractivity contribution in [3.63, 3.8) is 0 Å². The van der Waals surface area contributed by atoms with Crippen molar-refractivity contribution in [2.75, 3.05) is 0 Å². The molecule has 1 fully saturated rings. The number of allylic oxidation sites excluding steroid dienone is 1. The van der Waals surface area contributed by atoms with Gasteiger partial charge in [-0.05, 0) is 31.6 Å². The molecule has 0 heterocycles. The molecule has 0 aromatic heterocycles. The molecule has 0 aliphatic heterocycles. The number of carbonyl (C=O) groups is 2. The van der Waals surface area contributed by atoms with Crippen LogP contribution in [0.3, 0.4) is 0 Å². The van der Waals surface area contributed by atoms with Crippen LogP contribution in [0.4, 0.5) is 0 Å². The molecule has 0 aromatic rings. The maximum atomic E-state index is 12.2. The third kappa shape index (κ3) is 9.34. The van der Waals surface area contributed by atoms with E-state index >= 15 is 0 Å². The zero-order valence-electron chi connectivity index (χ0n) is 16.7. The average molecular weight is 381 g/mol. The fourth-order valence-electron chi connectivity index (χ4n) is 3.82. The predicted molar refractivity (Wildman–Crippen MR) is 106 cm³/mol. The smallest absolute Gasteiger partial charge is 0.327 e. The van der Waals surface area contributed by atoms with Gasteiger partial charge in [0.1, 0.15) is 5.78 Å². The lowest BCUT2D eigenvalue weighted by Gasteiger charge is -2.18. The Hall–Kier alpha value is -1.46. The molecule has 5 heteroatoms. The number of hydrogen-bond acceptors (Lipinski definition) is 4. The van der Waals surface area contributed by atoms with Crippen molar-refractivity contribution in [2.24, 2.45) is 17.8 Å². The quantitative estimate of drug-likeness (QED) is 0.256. The third-order valence-corrected chi connectivity index (χ3v) is 5.38. The predicted octanol–water partition coefficient (Wildman–Crippen LogP) is 3.89. The van der Waals surface area contributed by atoms with Crippen molar-refractivity contribution in [1.29, 1.82) is 0 Å². The molecule has 0 saturated heterocycles. The highest BCUT2D eigenvalue weighted by atomic mass is 16.4. The van der Waals surface area contributed by atoms with Crippen LogP contribution in [0.1, 0.15) is 71.6 Å². The van der Waals surface area contributed by atoms with Crippen molar-refractivity contribution in [2.45, 2.75) is 83.8 Å². The van der Waals surface area contributed by atoms with Crippen LogP contribution in [0.25, 0.3) is 0 Å². The van der Waals surface area contributed by atoms with Crippen LogP contribution in [-0.4, -0.2) is 39.3 Å². The lowest BCUT2D eigenvalue weighted by atomic mass is 9.88. The summed E-state index contributed by atoms with van der Waals surface area (Å²) in [5, 5.41) is 29.0. The zero-order valence-corrected chi connectivity index (χ0v) is 16.7. The van der Waals surface area contributed by atoms with E-state index in [1.54, 1.807) is 12.2 Å². The number of aliphatic carboxylic acids is 1. The molecule has 0 amide bonds. The lowest BCUT2D eigenvalue weighted by molar-refractivity contribution is -0.131. The first kappa shape index (κ1) is 23.6. The monoisotopic (exact) mass is 380 g/mol. The first-order chi connectivity index (χ1) is 12.8. The second kappa shape index (κ2) is 12.8. The molecule has 5 atom stereocenters. The normalized spacial score (nSPS) is 25.5. The summed E-state index contributed by atoms with van der Waals surface area (Å²) in [5.41, 5.74) is 0. The number of ketones is 1. The van der Waals surface area contributed by atoms with Gasteiger partial charge in [0.2, 0.25) is 0 Å². The van der Waals surface area contributed by atoms with Gasteiger partial charge in [-0.15, -0.1) is 0 Å². The number of rotatable bonds is 13. The molecule has 1 aliphatic carbocycles. The minimum Gasteiger partial charge on any atom is -0.478 e. The van der Waals surface area contributed by atoms with E-state index in [4.69, 9.17) is 5.11 Å². The molecule has 1 unspecified atom stereocenters. The third-order valence-electron chi connectivity index (χ3n) is 5.38. The molecule has 5 nitrogen and oxygen atoms in total. The number of Topliss-reactive ketones (excluding diaryl/α,β-unsaturated/α-hetero) is 1. The van der Waals surface area contributed by atoms with Crippen LogP contribution in [0.5, 0.6) is 0 Å². The molecule has 1 aliphatic rings. The molecule has 3 N–H and O–H groups in total. The van der Waals surface area contributed by atoms with Crippen LogP contribution in [0.2, 0.25) is 0 Å². The van der Waals surface area contributed by atoms with Gasteiger partial charge in [0.15, 0.2) is 0 Å². The van der Waals surface area contributed by atoms with Gasteiger partial charge in [0.05, 0.1) is 12.2 Å². The van der Waals surface area contributed by atoms with Gasteiger partial charge in [-0.2, -0.15) is 0 Å². The molecule has 0 spiro atoms. The highest BCUT2D eigenvalue weighted by molar-refractivity contribution is 5.84. The molecule has 1 rings (SSSR count). The number of hydrogen-bond donors (Lipinski definition) is 3. The summed E-state index contributed by atoms with van der Waals surface area (Å²) in [4.78, 5) is 22.6. The highest BCUT2D eigenvalue weighted by Crippen LogP contribution is 2.34. The second-order valence-corrected chi connectivity index (χ2v) is 7.88. The highest BCUT2D eigenvalue weighted by Gasteiger charge is 2.39. The van der Waals surface area contributed by atoms with E-state index in [0.29, 0.717) is 25.2 Å². The first-order valence-corrected chi connectivity index (χ1v) is 10.3. The molecule has 0 bridgehead atoms. The minimum atomic E-state index is -0.947. The Labute approximate surface area is 163 Å². The van der Waals surface area contributed by atoms with Crippen molar-refractivity contribution in [3.05, 3.63) is 24.3 Å².